The molecule has 9 nitrogen and oxygen atoms in total. The minimum absolute atomic E-state index is 0.0538. The Morgan fingerprint density at radius 3 is 2.73 bits per heavy atom. The highest BCUT2D eigenvalue weighted by molar-refractivity contribution is 6.35. The van der Waals surface area contributed by atoms with Crippen molar-refractivity contribution in [3.8, 4) is 0 Å². The lowest BCUT2D eigenvalue weighted by Crippen LogP contribution is -2.04. The van der Waals surface area contributed by atoms with Gasteiger partial charge >= 0.3 is 5.97 Å². The highest BCUT2D eigenvalue weighted by Gasteiger charge is 2.30. The van der Waals surface area contributed by atoms with E-state index in [2.05, 4.69) is 60.6 Å². The number of fused-ring (bicyclic) bond motifs is 2. The van der Waals surface area contributed by atoms with Gasteiger partial charge in [-0.05, 0) is 54.5 Å². The van der Waals surface area contributed by atoms with Crippen LogP contribution in [0, 0.1) is 6.92 Å². The summed E-state index contributed by atoms with van der Waals surface area (Å²) < 4.78 is 2.20. The van der Waals surface area contributed by atoms with Crippen LogP contribution in [0.4, 0.5) is 17.3 Å². The van der Waals surface area contributed by atoms with Crippen molar-refractivity contribution in [3.05, 3.63) is 101 Å². The zero-order chi connectivity index (χ0) is 25.5. The number of aryl methyl sites for hydroxylation is 1. The Kier molecular flexibility index (Phi) is 5.30. The molecule has 5 aromatic rings. The van der Waals surface area contributed by atoms with Crippen LogP contribution in [-0.2, 0) is 11.3 Å². The smallest absolute Gasteiger partial charge is 0.352 e. The number of aromatic amines is 1. The van der Waals surface area contributed by atoms with Crippen LogP contribution in [0.25, 0.3) is 22.6 Å². The quantitative estimate of drug-likeness (QED) is 0.247. The fraction of sp³-hybridized carbons (Fsp3) is 0.0714. The largest absolute Gasteiger partial charge is 0.477 e. The number of nitrogens with zero attached hydrogens (tertiary/aromatic N) is 3. The number of aromatic nitrogens is 4. The molecule has 0 atom stereocenters. The number of amides is 1. The van der Waals surface area contributed by atoms with Gasteiger partial charge in [-0.15, -0.1) is 0 Å². The minimum atomic E-state index is -1.07. The summed E-state index contributed by atoms with van der Waals surface area (Å²) in [6.45, 7) is 2.56. The van der Waals surface area contributed by atoms with Crippen molar-refractivity contribution in [2.75, 3.05) is 10.6 Å². The van der Waals surface area contributed by atoms with Gasteiger partial charge in [0.25, 0.3) is 5.91 Å². The van der Waals surface area contributed by atoms with E-state index < -0.39 is 5.97 Å². The van der Waals surface area contributed by atoms with Gasteiger partial charge in [0.15, 0.2) is 0 Å². The zero-order valence-electron chi connectivity index (χ0n) is 19.8. The highest BCUT2D eigenvalue weighted by Crippen LogP contribution is 2.37. The Morgan fingerprint density at radius 1 is 1.11 bits per heavy atom. The first-order valence-electron chi connectivity index (χ1n) is 11.7. The summed E-state index contributed by atoms with van der Waals surface area (Å²) in [7, 11) is 0. The van der Waals surface area contributed by atoms with Crippen molar-refractivity contribution in [1.29, 1.82) is 0 Å². The molecule has 37 heavy (non-hydrogen) atoms. The molecule has 2 aromatic carbocycles. The lowest BCUT2D eigenvalue weighted by atomic mass is 10.1. The molecule has 0 radical (unpaired) electrons. The van der Waals surface area contributed by atoms with Crippen molar-refractivity contribution in [2.24, 2.45) is 0 Å². The molecule has 0 saturated heterocycles. The normalized spacial score (nSPS) is 13.6. The van der Waals surface area contributed by atoms with Gasteiger partial charge in [-0.2, -0.15) is 0 Å². The molecule has 4 N–H and O–H groups in total. The average molecular weight is 491 g/mol. The van der Waals surface area contributed by atoms with Crippen LogP contribution >= 0.6 is 0 Å². The first-order valence-corrected chi connectivity index (χ1v) is 11.7. The third-order valence-electron chi connectivity index (χ3n) is 6.40. The molecule has 0 spiro atoms. The number of rotatable bonds is 6. The summed E-state index contributed by atoms with van der Waals surface area (Å²) in [5.74, 6) is -0.535. The molecule has 9 heteroatoms. The summed E-state index contributed by atoms with van der Waals surface area (Å²) in [5, 5.41) is 16.5. The number of hydrogen-bond donors (Lipinski definition) is 4. The molecular weight excluding hydrogens is 468 g/mol. The molecule has 6 rings (SSSR count). The Bertz CT molecular complexity index is 1710. The first-order chi connectivity index (χ1) is 18.0. The van der Waals surface area contributed by atoms with Crippen molar-refractivity contribution in [2.45, 2.75) is 13.5 Å². The molecular formula is C28H22N6O3. The zero-order valence-corrected chi connectivity index (χ0v) is 19.8. The van der Waals surface area contributed by atoms with Crippen molar-refractivity contribution < 1.29 is 14.7 Å². The van der Waals surface area contributed by atoms with Crippen LogP contribution in [0.3, 0.4) is 0 Å². The van der Waals surface area contributed by atoms with Crippen molar-refractivity contribution in [1.82, 2.24) is 19.5 Å². The highest BCUT2D eigenvalue weighted by atomic mass is 16.4. The van der Waals surface area contributed by atoms with Gasteiger partial charge in [-0.1, -0.05) is 30.3 Å². The predicted octanol–water partition coefficient (Wildman–Crippen LogP) is 5.05. The van der Waals surface area contributed by atoms with E-state index in [-0.39, 0.29) is 11.6 Å². The monoisotopic (exact) mass is 490 g/mol. The maximum atomic E-state index is 12.8. The Balaban J connectivity index is 1.33. The number of anilines is 3. The molecule has 0 aliphatic carbocycles. The summed E-state index contributed by atoms with van der Waals surface area (Å²) in [4.78, 5) is 35.6. The van der Waals surface area contributed by atoms with Crippen LogP contribution in [-0.4, -0.2) is 36.5 Å². The average Bonchev–Trinajstić information content (AvgIpc) is 3.56. The Hall–Kier alpha value is -5.18. The van der Waals surface area contributed by atoms with Crippen LogP contribution in [0.15, 0.2) is 73.2 Å². The van der Waals surface area contributed by atoms with Gasteiger partial charge in [-0.3, -0.25) is 4.79 Å². The van der Waals surface area contributed by atoms with Gasteiger partial charge in [0, 0.05) is 35.0 Å². The second-order valence-corrected chi connectivity index (χ2v) is 8.87. The molecule has 0 fully saturated rings. The topological polar surface area (TPSA) is 125 Å². The predicted molar refractivity (Wildman–Crippen MR) is 142 cm³/mol. The Labute approximate surface area is 211 Å². The number of nitrogens with one attached hydrogen (secondary N) is 3. The fourth-order valence-electron chi connectivity index (χ4n) is 4.57. The molecule has 1 aliphatic heterocycles. The number of aromatic carboxylic acids is 1. The molecule has 1 aliphatic rings. The van der Waals surface area contributed by atoms with Gasteiger partial charge in [0.1, 0.15) is 23.7 Å². The van der Waals surface area contributed by atoms with E-state index in [1.807, 2.05) is 30.3 Å². The molecule has 1 amide bonds. The van der Waals surface area contributed by atoms with E-state index in [4.69, 9.17) is 0 Å². The van der Waals surface area contributed by atoms with Crippen LogP contribution in [0.2, 0.25) is 0 Å². The first kappa shape index (κ1) is 22.3. The second-order valence-electron chi connectivity index (χ2n) is 8.87. The van der Waals surface area contributed by atoms with Gasteiger partial charge in [0.2, 0.25) is 0 Å². The molecule has 4 heterocycles. The number of carbonyl (C=O) groups excluding carboxylic acids is 1. The SMILES string of the molecule is Cc1cc(C(=O)O)[nH]c1C=C1C(=O)Nc2ncnc(Nc3ccc4c(ccn4Cc4ccccc4)c3)c21. The summed E-state index contributed by atoms with van der Waals surface area (Å²) >= 11 is 0. The number of H-pyrrole nitrogens is 1. The number of benzene rings is 2. The van der Waals surface area contributed by atoms with Crippen molar-refractivity contribution >= 4 is 51.8 Å². The third-order valence-corrected chi connectivity index (χ3v) is 6.40. The van der Waals surface area contributed by atoms with E-state index in [1.54, 1.807) is 13.0 Å². The lowest BCUT2D eigenvalue weighted by Gasteiger charge is -2.11. The van der Waals surface area contributed by atoms with Crippen LogP contribution in [0.1, 0.15) is 32.9 Å². The molecule has 0 bridgehead atoms. The maximum absolute atomic E-state index is 12.8. The molecule has 0 unspecified atom stereocenters. The van der Waals surface area contributed by atoms with Gasteiger partial charge in [0.05, 0.1) is 11.1 Å². The number of hydrogen-bond acceptors (Lipinski definition) is 5. The molecule has 182 valence electrons. The standard InChI is InChI=1S/C28H22N6O3/c1-16-11-22(28(36)37)32-21(16)13-20-24-25(29-15-30-26(24)33-27(20)35)31-19-7-8-23-18(12-19)9-10-34(23)14-17-5-3-2-4-6-17/h2-13,15,32H,14H2,1H3,(H,36,37)(H2,29,30,31,33,35). The molecule has 3 aromatic heterocycles. The van der Waals surface area contributed by atoms with E-state index >= 15 is 0 Å². The minimum Gasteiger partial charge on any atom is -0.477 e. The van der Waals surface area contributed by atoms with Gasteiger partial charge < -0.3 is 25.3 Å². The third kappa shape index (κ3) is 4.12. The second kappa shape index (κ2) is 8.80. The van der Waals surface area contributed by atoms with Crippen LogP contribution < -0.4 is 10.6 Å². The van der Waals surface area contributed by atoms with Crippen LogP contribution in [0.5, 0.6) is 0 Å². The number of carboxylic acids is 1. The lowest BCUT2D eigenvalue weighted by molar-refractivity contribution is -0.110. The van der Waals surface area contributed by atoms with E-state index in [9.17, 15) is 14.7 Å². The van der Waals surface area contributed by atoms with Gasteiger partial charge in [-0.25, -0.2) is 14.8 Å². The number of carbonyl (C=O) groups is 2. The van der Waals surface area contributed by atoms with E-state index in [0.29, 0.717) is 34.0 Å². The summed E-state index contributed by atoms with van der Waals surface area (Å²) in [6, 6.07) is 20.0. The van der Waals surface area contributed by atoms with E-state index in [1.165, 1.54) is 18.0 Å². The number of carboxylic acid groups (broad SMARTS) is 1. The maximum Gasteiger partial charge on any atom is 0.352 e. The fourth-order valence-corrected chi connectivity index (χ4v) is 4.57. The summed E-state index contributed by atoms with van der Waals surface area (Å²) in [6.07, 6.45) is 5.09. The molecule has 0 saturated carbocycles. The van der Waals surface area contributed by atoms with E-state index in [0.717, 1.165) is 23.1 Å². The summed E-state index contributed by atoms with van der Waals surface area (Å²) in [5.41, 5.74) is 5.32. The Morgan fingerprint density at radius 2 is 1.95 bits per heavy atom. The van der Waals surface area contributed by atoms with Crippen molar-refractivity contribution in [3.63, 3.8) is 0 Å².